The maximum absolute atomic E-state index is 11.9. The molecule has 0 aliphatic carbocycles. The Morgan fingerprint density at radius 1 is 0.418 bits per heavy atom. The number of benzene rings is 2. The zero-order valence-electron chi connectivity index (χ0n) is 83.4. The molecule has 5 rings (SSSR count). The first kappa shape index (κ1) is 128. The molecule has 0 aromatic heterocycles. The van der Waals surface area contributed by atoms with Crippen LogP contribution in [0, 0.1) is 13.8 Å². The van der Waals surface area contributed by atoms with Crippen molar-refractivity contribution < 1.29 is 102 Å². The van der Waals surface area contributed by atoms with E-state index in [9.17, 15) is 64.2 Å². The van der Waals surface area contributed by atoms with Crippen molar-refractivity contribution in [3.63, 3.8) is 0 Å². The molecule has 25 N–H and O–H groups in total. The topological polar surface area (TPSA) is 761 Å². The number of nitrogen functional groups attached to an aromatic ring is 2. The summed E-state index contributed by atoms with van der Waals surface area (Å²) in [5.74, 6) is -2.95. The second-order valence-electron chi connectivity index (χ2n) is 38.8. The first-order valence-electron chi connectivity index (χ1n) is 44.9. The average molecular weight is 1910 g/mol. The van der Waals surface area contributed by atoms with Crippen molar-refractivity contribution in [2.24, 2.45) is 54.9 Å². The zero-order valence-corrected chi connectivity index (χ0v) is 83.4. The number of hydrogen-bond donors (Lipinski definition) is 17. The molecule has 0 bridgehead atoms. The number of carbonyl (C=O) groups excluding carboxylic acids is 7. The molecule has 14 atom stereocenters. The molecular formula is C89H164N24O21. The third-order valence-electron chi connectivity index (χ3n) is 17.5. The second kappa shape index (κ2) is 65.8. The third-order valence-corrected chi connectivity index (χ3v) is 17.5. The number of ether oxygens (including phenoxy) is 8. The number of fused-ring (bicyclic) bond motifs is 1. The van der Waals surface area contributed by atoms with Gasteiger partial charge in [-0.25, -0.2) is 4.79 Å². The first-order chi connectivity index (χ1) is 61.9. The third kappa shape index (κ3) is 68.2. The van der Waals surface area contributed by atoms with E-state index in [1.54, 1.807) is 130 Å². The van der Waals surface area contributed by atoms with Gasteiger partial charge in [0.25, 0.3) is 0 Å². The molecule has 2 aromatic rings. The number of epoxide rings is 1. The van der Waals surface area contributed by atoms with Crippen LogP contribution in [0.2, 0.25) is 0 Å². The number of aryl methyl sites for hydroxylation is 2. The van der Waals surface area contributed by atoms with E-state index in [-0.39, 0.29) is 102 Å². The zero-order chi connectivity index (χ0) is 104. The summed E-state index contributed by atoms with van der Waals surface area (Å²) in [6.07, 6.45) is 2.49. The highest BCUT2D eigenvalue weighted by Gasteiger charge is 2.45. The summed E-state index contributed by atoms with van der Waals surface area (Å²) in [5, 5.41) is 82.6. The van der Waals surface area contributed by atoms with E-state index in [0.29, 0.717) is 62.8 Å². The largest absolute Gasteiger partial charge is 0.460 e. The molecular weight excluding hydrogens is 1740 g/mol. The van der Waals surface area contributed by atoms with Crippen LogP contribution in [0.4, 0.5) is 27.5 Å². The number of hydrogen-bond acceptors (Lipinski definition) is 36. The second-order valence-corrected chi connectivity index (χ2v) is 38.8. The summed E-state index contributed by atoms with van der Waals surface area (Å²) >= 11 is 0. The fourth-order valence-electron chi connectivity index (χ4n) is 11.7. The summed E-state index contributed by atoms with van der Waals surface area (Å²) in [4.78, 5) is 93.4. The molecule has 766 valence electrons. The molecule has 3 aliphatic heterocycles. The van der Waals surface area contributed by atoms with Crippen LogP contribution in [0.5, 0.6) is 0 Å². The van der Waals surface area contributed by atoms with Gasteiger partial charge >= 0.3 is 41.9 Å². The van der Waals surface area contributed by atoms with E-state index in [1.165, 1.54) is 6.42 Å². The van der Waals surface area contributed by atoms with Crippen molar-refractivity contribution in [1.29, 1.82) is 0 Å². The predicted octanol–water partition coefficient (Wildman–Crippen LogP) is 9.96. The van der Waals surface area contributed by atoms with Gasteiger partial charge in [0.2, 0.25) is 0 Å². The summed E-state index contributed by atoms with van der Waals surface area (Å²) in [5.41, 5.74) is 78.6. The predicted molar refractivity (Wildman–Crippen MR) is 516 cm³/mol. The molecule has 0 spiro atoms. The summed E-state index contributed by atoms with van der Waals surface area (Å²) in [6.45, 7) is 46.7. The highest BCUT2D eigenvalue weighted by Crippen LogP contribution is 2.32. The van der Waals surface area contributed by atoms with Gasteiger partial charge in [-0.15, -0.1) is 0 Å². The number of aliphatic hydroxyl groups is 6. The number of nitrogens with one attached hydrogen (secondary N) is 3. The van der Waals surface area contributed by atoms with E-state index < -0.39 is 136 Å². The molecule has 2 saturated heterocycles. The molecule has 0 radical (unpaired) electrons. The monoisotopic (exact) mass is 1910 g/mol. The van der Waals surface area contributed by atoms with E-state index in [2.05, 4.69) is 68.2 Å². The SMILES string of the molecule is C1=CCNCC1.CC(C)(C)OC(=O)C[C@@H](N=[N+]=[N-])[C@H](O)CCN.CC(C)(C)OC(=O)C[C@@H](N=[N+]=[N-])[C@H](O)CCN.CC(C)(C)OC(=O)C[C@@H](O)[C@@H](CCN)N=[N+]=[N-].CC(C)(C)OC(=O)C[C@@H](O)[C@@H](CCN)N=[N+]=[N-].CC(C)(C)OC(=O)N1CCC2OC2C1.Cc1ccc(NC(CCN)[C@H](O)CC(=O)OC(C)(C)C)c(N)c1.Cc1ccc(N[C@@H](CCN)[C@@H](O)CC(=O)OC(C)(C)C)c(N)c1. The number of nitrogens with zero attached hydrogens (tertiary/aromatic N) is 13. The van der Waals surface area contributed by atoms with Crippen LogP contribution in [0.3, 0.4) is 0 Å². The lowest BCUT2D eigenvalue weighted by Gasteiger charge is -2.28. The fourth-order valence-corrected chi connectivity index (χ4v) is 11.7. The molecule has 3 heterocycles. The molecule has 45 heteroatoms. The van der Waals surface area contributed by atoms with E-state index in [0.717, 1.165) is 48.6 Å². The smallest absolute Gasteiger partial charge is 0.410 e. The van der Waals surface area contributed by atoms with Gasteiger partial charge in [-0.1, -0.05) is 44.7 Å². The molecule has 2 fully saturated rings. The van der Waals surface area contributed by atoms with Crippen molar-refractivity contribution in [2.75, 3.05) is 87.5 Å². The van der Waals surface area contributed by atoms with Crippen LogP contribution in [0.25, 0.3) is 41.8 Å². The van der Waals surface area contributed by atoms with Gasteiger partial charge < -0.3 is 135 Å². The number of piperidine rings is 1. The van der Waals surface area contributed by atoms with Gasteiger partial charge in [0.1, 0.15) is 45.3 Å². The lowest BCUT2D eigenvalue weighted by molar-refractivity contribution is -0.158. The molecule has 3 aliphatic rings. The Morgan fingerprint density at radius 3 is 0.948 bits per heavy atom. The van der Waals surface area contributed by atoms with E-state index >= 15 is 0 Å². The Hall–Kier alpha value is -9.85. The van der Waals surface area contributed by atoms with Crippen LogP contribution in [0.1, 0.15) is 246 Å². The van der Waals surface area contributed by atoms with Crippen molar-refractivity contribution in [3.8, 4) is 0 Å². The number of likely N-dealkylation sites (tertiary alicyclic amines) is 1. The maximum atomic E-state index is 11.9. The Morgan fingerprint density at radius 2 is 0.709 bits per heavy atom. The Bertz CT molecular complexity index is 3760. The van der Waals surface area contributed by atoms with Crippen LogP contribution < -0.4 is 61.8 Å². The maximum Gasteiger partial charge on any atom is 0.410 e. The van der Waals surface area contributed by atoms with Gasteiger partial charge in [-0.2, -0.15) is 0 Å². The lowest BCUT2D eigenvalue weighted by Crippen LogP contribution is -2.42. The van der Waals surface area contributed by atoms with Gasteiger partial charge in [0, 0.05) is 32.7 Å². The quantitative estimate of drug-likeness (QED) is 0.00434. The van der Waals surface area contributed by atoms with Crippen LogP contribution in [0.15, 0.2) is 69.0 Å². The van der Waals surface area contributed by atoms with Gasteiger partial charge in [-0.3, -0.25) is 28.8 Å². The van der Waals surface area contributed by atoms with Gasteiger partial charge in [-0.05, 0) is 314 Å². The number of amides is 1. The number of azide groups is 4. The number of anilines is 4. The summed E-state index contributed by atoms with van der Waals surface area (Å²) in [6, 6.07) is 7.45. The first-order valence-corrected chi connectivity index (χ1v) is 44.9. The van der Waals surface area contributed by atoms with E-state index in [4.69, 9.17) is 106 Å². The minimum absolute atomic E-state index is 0.0965. The van der Waals surface area contributed by atoms with Crippen molar-refractivity contribution in [3.05, 3.63) is 101 Å². The molecule has 134 heavy (non-hydrogen) atoms. The fraction of sp³-hybridized carbons (Fsp3) is 0.764. The number of rotatable bonds is 38. The molecule has 0 saturated carbocycles. The lowest BCUT2D eigenvalue weighted by atomic mass is 10.0. The average Bonchev–Trinajstić information content (AvgIpc) is 1.65. The number of aliphatic hydroxyl groups excluding tert-OH is 6. The highest BCUT2D eigenvalue weighted by molar-refractivity contribution is 5.74. The molecule has 1 amide bonds. The summed E-state index contributed by atoms with van der Waals surface area (Å²) < 4.78 is 41.4. The minimum atomic E-state index is -1.07. The molecule has 45 nitrogen and oxygen atoms in total. The highest BCUT2D eigenvalue weighted by atomic mass is 16.6. The Labute approximate surface area is 790 Å². The minimum Gasteiger partial charge on any atom is -0.460 e. The Balaban J connectivity index is -0.00000148. The van der Waals surface area contributed by atoms with Crippen LogP contribution in [-0.2, 0) is 66.7 Å². The van der Waals surface area contributed by atoms with Crippen molar-refractivity contribution >= 4 is 64.7 Å². The molecule has 2 aromatic carbocycles. The van der Waals surface area contributed by atoms with E-state index in [1.807, 2.05) is 71.0 Å². The summed E-state index contributed by atoms with van der Waals surface area (Å²) in [7, 11) is 0. The number of esters is 6. The van der Waals surface area contributed by atoms with Gasteiger partial charge in [0.05, 0.1) is 147 Å². The Kier molecular flexibility index (Phi) is 63.0. The van der Waals surface area contributed by atoms with Crippen LogP contribution in [-0.4, -0.2) is 267 Å². The number of nitrogens with two attached hydrogens (primary N) is 8. The van der Waals surface area contributed by atoms with Crippen molar-refractivity contribution in [2.45, 2.75) is 373 Å². The normalized spacial score (nSPS) is 16.5. The molecule has 3 unspecified atom stereocenters. The standard InChI is InChI=1S/2C17H29N3O3.4C10H20N4O3.C10H17NO3.C5H9N/c2*1-11-5-6-13(12(19)9-11)20-14(7-8-18)15(21)10-16(22)23-17(2,3)4;2*1-10(2,3)17-9(16)6-7(13-14-12)8(15)4-5-11;2*1-10(2,3)17-9(16)6-8(15)7(4-5-11)13-14-12;1-10(2,3)14-9(12)11-5-4-7-8(6-11)13-7;1-2-4-6-5-3-1/h2*5-6,9,14-15,20-21H,7-8,10,18-19H2,1-4H3;4*7-8,15H,4-6,11H2,1-3H3;7-8H,4-6H2,1-3H3;1-2,6H,3-5H2/t14?,15-;14-,15-;4*7-,8-;;/m101111../s1. The number of carbonyl (C=O) groups is 7. The van der Waals surface area contributed by atoms with Gasteiger partial charge in [0.15, 0.2) is 0 Å². The van der Waals surface area contributed by atoms with Crippen molar-refractivity contribution in [1.82, 2.24) is 10.2 Å². The van der Waals surface area contributed by atoms with Crippen LogP contribution >= 0.6 is 0 Å².